The van der Waals surface area contributed by atoms with Crippen LogP contribution in [-0.2, 0) is 6.42 Å². The zero-order chi connectivity index (χ0) is 18.3. The molecule has 0 bridgehead atoms. The van der Waals surface area contributed by atoms with E-state index >= 15 is 0 Å². The van der Waals surface area contributed by atoms with Crippen molar-refractivity contribution < 1.29 is 4.79 Å². The van der Waals surface area contributed by atoms with Crippen LogP contribution >= 0.6 is 15.9 Å². The van der Waals surface area contributed by atoms with Gasteiger partial charge in [0.1, 0.15) is 5.56 Å². The second kappa shape index (κ2) is 6.83. The Kier molecular flexibility index (Phi) is 4.53. The molecular formula is C20H21BrN4O. The maximum absolute atomic E-state index is 12.8. The number of aromatic nitrogens is 3. The zero-order valence-corrected chi connectivity index (χ0v) is 16.6. The largest absolute Gasteiger partial charge is 0.338 e. The van der Waals surface area contributed by atoms with E-state index in [0.29, 0.717) is 11.2 Å². The van der Waals surface area contributed by atoms with Crippen molar-refractivity contribution in [2.45, 2.75) is 33.1 Å². The summed E-state index contributed by atoms with van der Waals surface area (Å²) < 4.78 is 2.90. The molecule has 5 nitrogen and oxygen atoms in total. The Morgan fingerprint density at radius 2 is 1.92 bits per heavy atom. The van der Waals surface area contributed by atoms with Crippen LogP contribution < -0.4 is 0 Å². The van der Waals surface area contributed by atoms with Crippen LogP contribution in [0.1, 0.15) is 45.7 Å². The predicted molar refractivity (Wildman–Crippen MR) is 105 cm³/mol. The van der Waals surface area contributed by atoms with Crippen LogP contribution in [0.15, 0.2) is 34.9 Å². The van der Waals surface area contributed by atoms with Gasteiger partial charge in [-0.3, -0.25) is 4.79 Å². The van der Waals surface area contributed by atoms with E-state index in [0.717, 1.165) is 53.8 Å². The average molecular weight is 413 g/mol. The van der Waals surface area contributed by atoms with Crippen LogP contribution in [0.5, 0.6) is 0 Å². The van der Waals surface area contributed by atoms with Crippen molar-refractivity contribution in [2.24, 2.45) is 0 Å². The second-order valence-corrected chi connectivity index (χ2v) is 7.68. The monoisotopic (exact) mass is 412 g/mol. The number of aryl methyl sites for hydroxylation is 2. The molecule has 4 rings (SSSR count). The van der Waals surface area contributed by atoms with Crippen molar-refractivity contribution in [3.8, 4) is 0 Å². The lowest BCUT2D eigenvalue weighted by Gasteiger charge is -2.15. The van der Waals surface area contributed by atoms with Crippen LogP contribution in [0.3, 0.4) is 0 Å². The molecule has 1 aliphatic rings. The number of rotatable bonds is 3. The Morgan fingerprint density at radius 3 is 2.65 bits per heavy atom. The molecule has 1 aliphatic heterocycles. The minimum absolute atomic E-state index is 0.0438. The topological polar surface area (TPSA) is 50.5 Å². The van der Waals surface area contributed by atoms with Gasteiger partial charge in [-0.05, 0) is 43.9 Å². The molecule has 0 unspecified atom stereocenters. The van der Waals surface area contributed by atoms with Crippen molar-refractivity contribution in [1.82, 2.24) is 19.5 Å². The number of carbonyl (C=O) groups is 1. The highest BCUT2D eigenvalue weighted by Crippen LogP contribution is 2.25. The van der Waals surface area contributed by atoms with Crippen molar-refractivity contribution in [1.29, 1.82) is 0 Å². The molecule has 0 atom stereocenters. The summed E-state index contributed by atoms with van der Waals surface area (Å²) in [5.74, 6) is 0.0438. The van der Waals surface area contributed by atoms with E-state index in [4.69, 9.17) is 4.98 Å². The molecule has 26 heavy (non-hydrogen) atoms. The summed E-state index contributed by atoms with van der Waals surface area (Å²) in [5, 5.41) is 4.47. The standard InChI is InChI=1S/C20H21BrN4O/c1-13-16(11-15-7-3-4-8-18(15)21)14(2)25-19(23-13)17(12-22-25)20(26)24-9-5-6-10-24/h3-4,7-8,12H,5-6,9-11H2,1-2H3. The van der Waals surface area contributed by atoms with Gasteiger partial charge in [-0.25, -0.2) is 9.50 Å². The first kappa shape index (κ1) is 17.2. The number of hydrogen-bond acceptors (Lipinski definition) is 3. The third-order valence-electron chi connectivity index (χ3n) is 5.16. The van der Waals surface area contributed by atoms with E-state index < -0.39 is 0 Å². The Morgan fingerprint density at radius 1 is 1.19 bits per heavy atom. The summed E-state index contributed by atoms with van der Waals surface area (Å²) in [5.41, 5.74) is 5.59. The van der Waals surface area contributed by atoms with Crippen molar-refractivity contribution in [3.63, 3.8) is 0 Å². The van der Waals surface area contributed by atoms with Gasteiger partial charge in [-0.2, -0.15) is 5.10 Å². The number of benzene rings is 1. The molecule has 1 saturated heterocycles. The number of likely N-dealkylation sites (tertiary alicyclic amines) is 1. The van der Waals surface area contributed by atoms with Crippen LogP contribution in [0.2, 0.25) is 0 Å². The van der Waals surface area contributed by atoms with Crippen LogP contribution in [-0.4, -0.2) is 38.5 Å². The lowest BCUT2D eigenvalue weighted by molar-refractivity contribution is 0.0794. The molecule has 1 aromatic carbocycles. The van der Waals surface area contributed by atoms with E-state index in [1.807, 2.05) is 41.5 Å². The molecule has 0 spiro atoms. The van der Waals surface area contributed by atoms with E-state index in [-0.39, 0.29) is 5.91 Å². The molecule has 1 fully saturated rings. The van der Waals surface area contributed by atoms with Crippen LogP contribution in [0.4, 0.5) is 0 Å². The third-order valence-corrected chi connectivity index (χ3v) is 5.93. The van der Waals surface area contributed by atoms with Gasteiger partial charge in [0.05, 0.1) is 6.20 Å². The van der Waals surface area contributed by atoms with E-state index in [1.165, 1.54) is 5.56 Å². The van der Waals surface area contributed by atoms with Crippen LogP contribution in [0.25, 0.3) is 5.65 Å². The van der Waals surface area contributed by atoms with E-state index in [9.17, 15) is 4.79 Å². The highest BCUT2D eigenvalue weighted by molar-refractivity contribution is 9.10. The zero-order valence-electron chi connectivity index (χ0n) is 15.0. The first-order valence-electron chi connectivity index (χ1n) is 8.92. The van der Waals surface area contributed by atoms with Crippen molar-refractivity contribution in [2.75, 3.05) is 13.1 Å². The highest BCUT2D eigenvalue weighted by Gasteiger charge is 2.24. The Balaban J connectivity index is 1.76. The minimum Gasteiger partial charge on any atom is -0.338 e. The fourth-order valence-corrected chi connectivity index (χ4v) is 4.07. The SMILES string of the molecule is Cc1nc2c(C(=O)N3CCCC3)cnn2c(C)c1Cc1ccccc1Br. The number of nitrogens with zero attached hydrogens (tertiary/aromatic N) is 4. The summed E-state index contributed by atoms with van der Waals surface area (Å²) in [6.07, 6.45) is 4.59. The molecule has 2 aromatic heterocycles. The number of fused-ring (bicyclic) bond motifs is 1. The minimum atomic E-state index is 0.0438. The van der Waals surface area contributed by atoms with Gasteiger partial charge in [0.25, 0.3) is 5.91 Å². The number of carbonyl (C=O) groups excluding carboxylic acids is 1. The fourth-order valence-electron chi connectivity index (χ4n) is 3.64. The number of amides is 1. The Bertz CT molecular complexity index is 989. The highest BCUT2D eigenvalue weighted by atomic mass is 79.9. The molecular weight excluding hydrogens is 392 g/mol. The summed E-state index contributed by atoms with van der Waals surface area (Å²) in [7, 11) is 0. The predicted octanol–water partition coefficient (Wildman–Crippen LogP) is 3.94. The van der Waals surface area contributed by atoms with Gasteiger partial charge in [-0.1, -0.05) is 34.1 Å². The maximum atomic E-state index is 12.8. The van der Waals surface area contributed by atoms with Gasteiger partial charge in [-0.15, -0.1) is 0 Å². The van der Waals surface area contributed by atoms with Gasteiger partial charge < -0.3 is 4.90 Å². The second-order valence-electron chi connectivity index (χ2n) is 6.82. The van der Waals surface area contributed by atoms with Gasteiger partial charge in [0.15, 0.2) is 5.65 Å². The molecule has 3 aromatic rings. The number of hydrogen-bond donors (Lipinski definition) is 0. The fraction of sp³-hybridized carbons (Fsp3) is 0.350. The van der Waals surface area contributed by atoms with Crippen LogP contribution in [0, 0.1) is 13.8 Å². The van der Waals surface area contributed by atoms with E-state index in [1.54, 1.807) is 6.20 Å². The quantitative estimate of drug-likeness (QED) is 0.654. The average Bonchev–Trinajstić information content (AvgIpc) is 3.29. The lowest BCUT2D eigenvalue weighted by atomic mass is 10.0. The van der Waals surface area contributed by atoms with Gasteiger partial charge >= 0.3 is 0 Å². The molecule has 0 aliphatic carbocycles. The summed E-state index contributed by atoms with van der Waals surface area (Å²) >= 11 is 3.62. The Labute approximate surface area is 161 Å². The number of halogens is 1. The molecule has 0 saturated carbocycles. The first-order valence-corrected chi connectivity index (χ1v) is 9.72. The van der Waals surface area contributed by atoms with Gasteiger partial charge in [0.2, 0.25) is 0 Å². The van der Waals surface area contributed by atoms with Crippen molar-refractivity contribution in [3.05, 3.63) is 63.0 Å². The van der Waals surface area contributed by atoms with Gasteiger partial charge in [0, 0.05) is 35.4 Å². The maximum Gasteiger partial charge on any atom is 0.259 e. The molecule has 6 heteroatoms. The molecule has 0 N–H and O–H groups in total. The smallest absolute Gasteiger partial charge is 0.259 e. The Hall–Kier alpha value is -2.21. The van der Waals surface area contributed by atoms with E-state index in [2.05, 4.69) is 27.1 Å². The third kappa shape index (κ3) is 2.92. The summed E-state index contributed by atoms with van der Waals surface area (Å²) in [6, 6.07) is 8.21. The molecule has 1 amide bonds. The lowest BCUT2D eigenvalue weighted by Crippen LogP contribution is -2.27. The first-order chi connectivity index (χ1) is 12.6. The summed E-state index contributed by atoms with van der Waals surface area (Å²) in [6.45, 7) is 5.71. The summed E-state index contributed by atoms with van der Waals surface area (Å²) in [4.78, 5) is 19.4. The molecule has 0 radical (unpaired) electrons. The van der Waals surface area contributed by atoms with Crippen molar-refractivity contribution >= 4 is 27.5 Å². The normalized spacial score (nSPS) is 14.3. The molecule has 134 valence electrons. The molecule has 3 heterocycles.